The van der Waals surface area contributed by atoms with Gasteiger partial charge in [-0.3, -0.25) is 0 Å². The van der Waals surface area contributed by atoms with Crippen molar-refractivity contribution in [2.24, 2.45) is 0 Å². The quantitative estimate of drug-likeness (QED) is 0.687. The molecule has 4 heteroatoms. The number of halogens is 1. The van der Waals surface area contributed by atoms with Gasteiger partial charge in [0.1, 0.15) is 0 Å². The summed E-state index contributed by atoms with van der Waals surface area (Å²) in [5, 5.41) is 4.13. The van der Waals surface area contributed by atoms with Crippen LogP contribution in [0.4, 0.5) is 0 Å². The lowest BCUT2D eigenvalue weighted by Crippen LogP contribution is -2.17. The Hall–Kier alpha value is -1.71. The summed E-state index contributed by atoms with van der Waals surface area (Å²) in [7, 11) is 0. The molecule has 3 nitrogen and oxygen atoms in total. The first-order chi connectivity index (χ1) is 11.2. The van der Waals surface area contributed by atoms with Crippen molar-refractivity contribution in [1.82, 2.24) is 5.32 Å². The molecule has 2 aromatic rings. The normalized spacial score (nSPS) is 10.6. The highest BCUT2D eigenvalue weighted by Gasteiger charge is 2.10. The molecule has 0 aliphatic carbocycles. The second-order valence-electron chi connectivity index (χ2n) is 5.17. The zero-order valence-corrected chi connectivity index (χ0v) is 14.5. The predicted molar refractivity (Wildman–Crippen MR) is 95.6 cm³/mol. The summed E-state index contributed by atoms with van der Waals surface area (Å²) < 4.78 is 11.2. The van der Waals surface area contributed by atoms with Crippen LogP contribution in [-0.2, 0) is 13.0 Å². The van der Waals surface area contributed by atoms with Gasteiger partial charge in [0.2, 0.25) is 0 Å². The van der Waals surface area contributed by atoms with Crippen LogP contribution in [0.2, 0.25) is 5.02 Å². The summed E-state index contributed by atoms with van der Waals surface area (Å²) in [5.41, 5.74) is 2.35. The highest BCUT2D eigenvalue weighted by atomic mass is 35.5. The van der Waals surface area contributed by atoms with Gasteiger partial charge in [0, 0.05) is 17.6 Å². The average Bonchev–Trinajstić information content (AvgIpc) is 2.56. The lowest BCUT2D eigenvalue weighted by atomic mass is 10.1. The Labute approximate surface area is 143 Å². The first-order valence-corrected chi connectivity index (χ1v) is 8.45. The lowest BCUT2D eigenvalue weighted by Gasteiger charge is -2.14. The van der Waals surface area contributed by atoms with Gasteiger partial charge in [-0.15, -0.1) is 0 Å². The summed E-state index contributed by atoms with van der Waals surface area (Å²) in [4.78, 5) is 0. The van der Waals surface area contributed by atoms with E-state index in [1.807, 2.05) is 32.0 Å². The summed E-state index contributed by atoms with van der Waals surface area (Å²) in [6.07, 6.45) is 0.994. The Morgan fingerprint density at radius 1 is 0.957 bits per heavy atom. The smallest absolute Gasteiger partial charge is 0.162 e. The van der Waals surface area contributed by atoms with Crippen LogP contribution >= 0.6 is 11.6 Å². The van der Waals surface area contributed by atoms with Gasteiger partial charge >= 0.3 is 0 Å². The molecule has 0 radical (unpaired) electrons. The van der Waals surface area contributed by atoms with Crippen LogP contribution in [0.1, 0.15) is 25.0 Å². The van der Waals surface area contributed by atoms with Crippen molar-refractivity contribution in [2.45, 2.75) is 26.8 Å². The molecule has 0 aliphatic rings. The van der Waals surface area contributed by atoms with Crippen LogP contribution in [0.15, 0.2) is 42.5 Å². The van der Waals surface area contributed by atoms with E-state index in [0.717, 1.165) is 24.3 Å². The Bertz CT molecular complexity index is 602. The molecule has 0 fully saturated rings. The minimum atomic E-state index is 0.588. The maximum atomic E-state index is 6.36. The van der Waals surface area contributed by atoms with E-state index in [4.69, 9.17) is 21.1 Å². The molecule has 0 atom stereocenters. The molecule has 0 saturated carbocycles. The zero-order valence-electron chi connectivity index (χ0n) is 13.8. The maximum absolute atomic E-state index is 6.36. The Balaban J connectivity index is 1.94. The molecule has 0 aliphatic heterocycles. The standard InChI is InChI=1S/C19H24ClNO2/c1-3-22-18-12-16(17(20)13-19(18)23-4-2)14-21-11-10-15-8-6-5-7-9-15/h5-9,12-13,21H,3-4,10-11,14H2,1-2H3. The van der Waals surface area contributed by atoms with E-state index in [1.54, 1.807) is 0 Å². The summed E-state index contributed by atoms with van der Waals surface area (Å²) in [6, 6.07) is 14.2. The van der Waals surface area contributed by atoms with Crippen molar-refractivity contribution in [2.75, 3.05) is 19.8 Å². The van der Waals surface area contributed by atoms with E-state index in [0.29, 0.717) is 30.5 Å². The van der Waals surface area contributed by atoms with Gasteiger partial charge in [-0.25, -0.2) is 0 Å². The average molecular weight is 334 g/mol. The summed E-state index contributed by atoms with van der Waals surface area (Å²) >= 11 is 6.36. The first-order valence-electron chi connectivity index (χ1n) is 8.07. The topological polar surface area (TPSA) is 30.5 Å². The molecule has 0 amide bonds. The largest absolute Gasteiger partial charge is 0.490 e. The van der Waals surface area contributed by atoms with Gasteiger partial charge in [0.25, 0.3) is 0 Å². The molecular formula is C19H24ClNO2. The fraction of sp³-hybridized carbons (Fsp3) is 0.368. The van der Waals surface area contributed by atoms with E-state index in [2.05, 4.69) is 29.6 Å². The molecule has 23 heavy (non-hydrogen) atoms. The SMILES string of the molecule is CCOc1cc(Cl)c(CNCCc2ccccc2)cc1OCC. The lowest BCUT2D eigenvalue weighted by molar-refractivity contribution is 0.287. The van der Waals surface area contributed by atoms with Gasteiger partial charge in [-0.1, -0.05) is 41.9 Å². The van der Waals surface area contributed by atoms with Crippen LogP contribution in [0.25, 0.3) is 0 Å². The molecule has 1 N–H and O–H groups in total. The van der Waals surface area contributed by atoms with E-state index in [9.17, 15) is 0 Å². The molecule has 0 aromatic heterocycles. The van der Waals surface area contributed by atoms with Crippen molar-refractivity contribution in [3.05, 3.63) is 58.6 Å². The first kappa shape index (κ1) is 17.6. The van der Waals surface area contributed by atoms with Crippen LogP contribution in [0.5, 0.6) is 11.5 Å². The third kappa shape index (κ3) is 5.45. The molecule has 0 saturated heterocycles. The second kappa shape index (κ2) is 9.43. The number of benzene rings is 2. The van der Waals surface area contributed by atoms with Crippen LogP contribution in [0.3, 0.4) is 0 Å². The van der Waals surface area contributed by atoms with Crippen molar-refractivity contribution < 1.29 is 9.47 Å². The van der Waals surface area contributed by atoms with E-state index in [-0.39, 0.29) is 0 Å². The molecule has 124 valence electrons. The molecular weight excluding hydrogens is 310 g/mol. The maximum Gasteiger partial charge on any atom is 0.162 e. The molecule has 2 aromatic carbocycles. The second-order valence-corrected chi connectivity index (χ2v) is 5.58. The van der Waals surface area contributed by atoms with Crippen molar-refractivity contribution in [1.29, 1.82) is 0 Å². The predicted octanol–water partition coefficient (Wildman–Crippen LogP) is 4.47. The zero-order chi connectivity index (χ0) is 16.5. The fourth-order valence-corrected chi connectivity index (χ4v) is 2.57. The highest BCUT2D eigenvalue weighted by Crippen LogP contribution is 2.33. The Morgan fingerprint density at radius 3 is 2.26 bits per heavy atom. The van der Waals surface area contributed by atoms with Crippen molar-refractivity contribution in [3.8, 4) is 11.5 Å². The molecule has 0 unspecified atom stereocenters. The van der Waals surface area contributed by atoms with Gasteiger partial charge in [0.05, 0.1) is 13.2 Å². The molecule has 2 rings (SSSR count). The van der Waals surface area contributed by atoms with Crippen LogP contribution < -0.4 is 14.8 Å². The number of rotatable bonds is 9. The van der Waals surface area contributed by atoms with Crippen molar-refractivity contribution >= 4 is 11.6 Å². The third-order valence-corrected chi connectivity index (χ3v) is 3.81. The van der Waals surface area contributed by atoms with E-state index < -0.39 is 0 Å². The number of hydrogen-bond acceptors (Lipinski definition) is 3. The molecule has 0 spiro atoms. The van der Waals surface area contributed by atoms with Gasteiger partial charge < -0.3 is 14.8 Å². The summed E-state index contributed by atoms with van der Waals surface area (Å²) in [5.74, 6) is 1.45. The fourth-order valence-electron chi connectivity index (χ4n) is 2.35. The number of ether oxygens (including phenoxy) is 2. The van der Waals surface area contributed by atoms with Gasteiger partial charge in [-0.05, 0) is 44.0 Å². The summed E-state index contributed by atoms with van der Waals surface area (Å²) in [6.45, 7) is 6.70. The number of nitrogens with one attached hydrogen (secondary N) is 1. The van der Waals surface area contributed by atoms with Gasteiger partial charge in [0.15, 0.2) is 11.5 Å². The van der Waals surface area contributed by atoms with E-state index in [1.165, 1.54) is 5.56 Å². The van der Waals surface area contributed by atoms with Crippen molar-refractivity contribution in [3.63, 3.8) is 0 Å². The van der Waals surface area contributed by atoms with E-state index >= 15 is 0 Å². The third-order valence-electron chi connectivity index (χ3n) is 3.46. The minimum Gasteiger partial charge on any atom is -0.490 e. The molecule has 0 heterocycles. The van der Waals surface area contributed by atoms with Crippen LogP contribution in [0, 0.1) is 0 Å². The molecule has 0 bridgehead atoms. The number of hydrogen-bond donors (Lipinski definition) is 1. The monoisotopic (exact) mass is 333 g/mol. The Kier molecular flexibility index (Phi) is 7.24. The highest BCUT2D eigenvalue weighted by molar-refractivity contribution is 6.31. The van der Waals surface area contributed by atoms with Gasteiger partial charge in [-0.2, -0.15) is 0 Å². The Morgan fingerprint density at radius 2 is 1.61 bits per heavy atom. The minimum absolute atomic E-state index is 0.588. The van der Waals surface area contributed by atoms with Crippen LogP contribution in [-0.4, -0.2) is 19.8 Å².